The van der Waals surface area contributed by atoms with E-state index >= 15 is 0 Å². The van der Waals surface area contributed by atoms with Crippen LogP contribution in [0.2, 0.25) is 0 Å². The Morgan fingerprint density at radius 3 is 2.72 bits per heavy atom. The van der Waals surface area contributed by atoms with E-state index in [1.807, 2.05) is 19.1 Å². The number of rotatable bonds is 2. The first-order valence-electron chi connectivity index (χ1n) is 6.22. The summed E-state index contributed by atoms with van der Waals surface area (Å²) in [6.45, 7) is 3.00. The summed E-state index contributed by atoms with van der Waals surface area (Å²) in [5, 5.41) is 2.41. The highest BCUT2D eigenvalue weighted by Gasteiger charge is 2.38. The van der Waals surface area contributed by atoms with Gasteiger partial charge in [0.25, 0.3) is 0 Å². The van der Waals surface area contributed by atoms with Crippen LogP contribution in [0.5, 0.6) is 0 Å². The average molecular weight is 243 g/mol. The van der Waals surface area contributed by atoms with Crippen LogP contribution in [-0.2, 0) is 15.3 Å². The van der Waals surface area contributed by atoms with Gasteiger partial charge in [0.05, 0.1) is 12.7 Å². The van der Waals surface area contributed by atoms with E-state index in [0.29, 0.717) is 13.2 Å². The lowest BCUT2D eigenvalue weighted by molar-refractivity contribution is -0.160. The van der Waals surface area contributed by atoms with Gasteiger partial charge in [0, 0.05) is 12.1 Å². The maximum Gasteiger partial charge on any atom is 0.192 e. The van der Waals surface area contributed by atoms with Crippen LogP contribution < -0.4 is 5.73 Å². The Hall–Kier alpha value is -1.42. The van der Waals surface area contributed by atoms with Gasteiger partial charge >= 0.3 is 0 Å². The number of hydrogen-bond acceptors (Lipinski definition) is 3. The maximum atomic E-state index is 5.89. The molecule has 2 unspecified atom stereocenters. The van der Waals surface area contributed by atoms with Gasteiger partial charge in [-0.05, 0) is 23.8 Å². The van der Waals surface area contributed by atoms with Gasteiger partial charge in [0.15, 0.2) is 5.79 Å². The minimum absolute atomic E-state index is 0.0125. The van der Waals surface area contributed by atoms with Crippen LogP contribution in [0.15, 0.2) is 42.5 Å². The predicted octanol–water partition coefficient (Wildman–Crippen LogP) is 2.39. The maximum absolute atomic E-state index is 5.89. The van der Waals surface area contributed by atoms with Gasteiger partial charge in [-0.3, -0.25) is 0 Å². The summed E-state index contributed by atoms with van der Waals surface area (Å²) in [5.74, 6) is -0.673. The van der Waals surface area contributed by atoms with Gasteiger partial charge < -0.3 is 15.2 Å². The third-order valence-electron chi connectivity index (χ3n) is 3.47. The van der Waals surface area contributed by atoms with Gasteiger partial charge in [-0.15, -0.1) is 0 Å². The van der Waals surface area contributed by atoms with Crippen LogP contribution in [-0.4, -0.2) is 19.3 Å². The fourth-order valence-corrected chi connectivity index (χ4v) is 2.38. The van der Waals surface area contributed by atoms with Crippen LogP contribution in [0, 0.1) is 0 Å². The van der Waals surface area contributed by atoms with Crippen molar-refractivity contribution in [2.75, 3.05) is 13.2 Å². The third-order valence-corrected chi connectivity index (χ3v) is 3.47. The Morgan fingerprint density at radius 2 is 2.00 bits per heavy atom. The Labute approximate surface area is 106 Å². The second-order valence-corrected chi connectivity index (χ2v) is 4.79. The summed E-state index contributed by atoms with van der Waals surface area (Å²) >= 11 is 0. The minimum atomic E-state index is -0.673. The number of fused-ring (bicyclic) bond motifs is 1. The molecule has 0 bridgehead atoms. The van der Waals surface area contributed by atoms with E-state index in [2.05, 4.69) is 30.3 Å². The summed E-state index contributed by atoms with van der Waals surface area (Å²) in [6, 6.07) is 14.5. The molecule has 2 aromatic carbocycles. The molecule has 1 aliphatic heterocycles. The molecule has 94 valence electrons. The fourth-order valence-electron chi connectivity index (χ4n) is 2.38. The highest BCUT2D eigenvalue weighted by Crippen LogP contribution is 2.34. The molecule has 0 aromatic heterocycles. The molecule has 1 fully saturated rings. The third kappa shape index (κ3) is 1.90. The molecule has 2 aromatic rings. The van der Waals surface area contributed by atoms with Crippen LogP contribution >= 0.6 is 0 Å². The van der Waals surface area contributed by atoms with Crippen molar-refractivity contribution in [2.45, 2.75) is 18.8 Å². The van der Waals surface area contributed by atoms with E-state index in [1.165, 1.54) is 10.8 Å². The molecule has 2 atom stereocenters. The molecule has 18 heavy (non-hydrogen) atoms. The average Bonchev–Trinajstić information content (AvgIpc) is 2.81. The highest BCUT2D eigenvalue weighted by molar-refractivity contribution is 5.83. The van der Waals surface area contributed by atoms with Gasteiger partial charge in [-0.2, -0.15) is 0 Å². The SMILES string of the molecule is CC1(c2ccc3ccccc3c2)OCC(CN)O1. The molecule has 0 spiro atoms. The Morgan fingerprint density at radius 1 is 1.22 bits per heavy atom. The molecule has 3 heteroatoms. The molecule has 1 heterocycles. The van der Waals surface area contributed by atoms with Crippen molar-refractivity contribution in [3.05, 3.63) is 48.0 Å². The molecule has 3 nitrogen and oxygen atoms in total. The smallest absolute Gasteiger partial charge is 0.192 e. The number of hydrogen-bond donors (Lipinski definition) is 1. The Bertz CT molecular complexity index is 569. The number of benzene rings is 2. The number of ether oxygens (including phenoxy) is 2. The second-order valence-electron chi connectivity index (χ2n) is 4.79. The van der Waals surface area contributed by atoms with E-state index in [-0.39, 0.29) is 6.10 Å². The monoisotopic (exact) mass is 243 g/mol. The lowest BCUT2D eigenvalue weighted by Crippen LogP contribution is -2.27. The first kappa shape index (κ1) is 11.7. The van der Waals surface area contributed by atoms with Gasteiger partial charge in [0.1, 0.15) is 0 Å². The first-order valence-corrected chi connectivity index (χ1v) is 6.22. The predicted molar refractivity (Wildman–Crippen MR) is 71.2 cm³/mol. The quantitative estimate of drug-likeness (QED) is 0.880. The summed E-state index contributed by atoms with van der Waals surface area (Å²) in [4.78, 5) is 0. The highest BCUT2D eigenvalue weighted by atomic mass is 16.7. The zero-order valence-corrected chi connectivity index (χ0v) is 10.4. The second kappa shape index (κ2) is 4.35. The van der Waals surface area contributed by atoms with Gasteiger partial charge in [0.2, 0.25) is 0 Å². The summed E-state index contributed by atoms with van der Waals surface area (Å²) in [7, 11) is 0. The van der Waals surface area contributed by atoms with E-state index < -0.39 is 5.79 Å². The van der Waals surface area contributed by atoms with E-state index in [4.69, 9.17) is 15.2 Å². The molecule has 3 rings (SSSR count). The van der Waals surface area contributed by atoms with Crippen LogP contribution in [0.1, 0.15) is 12.5 Å². The van der Waals surface area contributed by atoms with Crippen molar-refractivity contribution in [3.63, 3.8) is 0 Å². The molecule has 0 saturated carbocycles. The van der Waals surface area contributed by atoms with Crippen LogP contribution in [0.4, 0.5) is 0 Å². The molecule has 0 amide bonds. The van der Waals surface area contributed by atoms with E-state index in [9.17, 15) is 0 Å². The van der Waals surface area contributed by atoms with Crippen molar-refractivity contribution in [1.82, 2.24) is 0 Å². The molecule has 1 aliphatic rings. The fraction of sp³-hybridized carbons (Fsp3) is 0.333. The summed E-state index contributed by atoms with van der Waals surface area (Å²) in [6.07, 6.45) is -0.0125. The minimum Gasteiger partial charge on any atom is -0.343 e. The molecule has 1 saturated heterocycles. The van der Waals surface area contributed by atoms with Crippen LogP contribution in [0.25, 0.3) is 10.8 Å². The van der Waals surface area contributed by atoms with Crippen LogP contribution in [0.3, 0.4) is 0 Å². The van der Waals surface area contributed by atoms with E-state index in [1.54, 1.807) is 0 Å². The molecular weight excluding hydrogens is 226 g/mol. The van der Waals surface area contributed by atoms with Crippen molar-refractivity contribution in [1.29, 1.82) is 0 Å². The molecule has 0 radical (unpaired) electrons. The first-order chi connectivity index (χ1) is 8.71. The largest absolute Gasteiger partial charge is 0.343 e. The van der Waals surface area contributed by atoms with Gasteiger partial charge in [-0.25, -0.2) is 0 Å². The zero-order chi connectivity index (χ0) is 12.6. The van der Waals surface area contributed by atoms with Crippen molar-refractivity contribution >= 4 is 10.8 Å². The van der Waals surface area contributed by atoms with Crippen molar-refractivity contribution in [3.8, 4) is 0 Å². The summed E-state index contributed by atoms with van der Waals surface area (Å²) < 4.78 is 11.7. The summed E-state index contributed by atoms with van der Waals surface area (Å²) in [5.41, 5.74) is 6.66. The number of nitrogens with two attached hydrogens (primary N) is 1. The van der Waals surface area contributed by atoms with E-state index in [0.717, 1.165) is 5.56 Å². The lowest BCUT2D eigenvalue weighted by Gasteiger charge is -2.24. The van der Waals surface area contributed by atoms with Crippen molar-refractivity contribution in [2.24, 2.45) is 5.73 Å². The molecule has 2 N–H and O–H groups in total. The standard InChI is InChI=1S/C15H17NO2/c1-15(17-10-14(9-16)18-15)13-7-6-11-4-2-3-5-12(11)8-13/h2-8,14H,9-10,16H2,1H3. The molecular formula is C15H17NO2. The zero-order valence-electron chi connectivity index (χ0n) is 10.4. The Balaban J connectivity index is 1.99. The van der Waals surface area contributed by atoms with Crippen molar-refractivity contribution < 1.29 is 9.47 Å². The molecule has 0 aliphatic carbocycles. The topological polar surface area (TPSA) is 44.5 Å². The Kier molecular flexibility index (Phi) is 2.82. The lowest BCUT2D eigenvalue weighted by atomic mass is 10.0. The van der Waals surface area contributed by atoms with Gasteiger partial charge in [-0.1, -0.05) is 36.4 Å². The normalized spacial score (nSPS) is 27.8.